The molecule has 4 nitrogen and oxygen atoms in total. The first-order valence-electron chi connectivity index (χ1n) is 6.40. The number of nitrogens with zero attached hydrogens (tertiary/aromatic N) is 1. The van der Waals surface area contributed by atoms with E-state index in [0.717, 1.165) is 18.8 Å². The minimum Gasteiger partial charge on any atom is -0.370 e. The lowest BCUT2D eigenvalue weighted by Crippen LogP contribution is -2.32. The van der Waals surface area contributed by atoms with Gasteiger partial charge in [-0.05, 0) is 24.0 Å². The molecule has 1 aromatic rings. The third-order valence-electron chi connectivity index (χ3n) is 2.36. The number of hydrogen-bond acceptors (Lipinski definition) is 3. The maximum Gasteiger partial charge on any atom is 0.252 e. The largest absolute Gasteiger partial charge is 0.370 e. The molecule has 1 aromatic heterocycles. The van der Waals surface area contributed by atoms with Crippen molar-refractivity contribution in [3.05, 3.63) is 23.9 Å². The van der Waals surface area contributed by atoms with Gasteiger partial charge in [-0.3, -0.25) is 4.79 Å². The molecule has 0 fully saturated rings. The molecule has 18 heavy (non-hydrogen) atoms. The molecule has 4 heteroatoms. The molecule has 1 heterocycles. The number of aromatic nitrogens is 1. The normalized spacial score (nSPS) is 11.1. The van der Waals surface area contributed by atoms with E-state index >= 15 is 0 Å². The summed E-state index contributed by atoms with van der Waals surface area (Å²) in [7, 11) is 0. The number of carbonyl (C=O) groups is 1. The Labute approximate surface area is 109 Å². The van der Waals surface area contributed by atoms with Crippen LogP contribution in [0, 0.1) is 5.41 Å². The number of amides is 1. The molecule has 0 bridgehead atoms. The van der Waals surface area contributed by atoms with Crippen molar-refractivity contribution in [2.75, 3.05) is 18.4 Å². The van der Waals surface area contributed by atoms with Crippen molar-refractivity contribution in [2.45, 2.75) is 34.1 Å². The highest BCUT2D eigenvalue weighted by atomic mass is 16.1. The Morgan fingerprint density at radius 3 is 2.56 bits per heavy atom. The molecule has 0 atom stereocenters. The molecule has 0 radical (unpaired) electrons. The van der Waals surface area contributed by atoms with Gasteiger partial charge >= 0.3 is 0 Å². The zero-order valence-corrected chi connectivity index (χ0v) is 11.7. The first kappa shape index (κ1) is 14.5. The van der Waals surface area contributed by atoms with Gasteiger partial charge in [0.2, 0.25) is 0 Å². The van der Waals surface area contributed by atoms with Crippen molar-refractivity contribution in [2.24, 2.45) is 5.41 Å². The van der Waals surface area contributed by atoms with E-state index in [9.17, 15) is 4.79 Å². The Bertz CT molecular complexity index is 379. The van der Waals surface area contributed by atoms with Crippen molar-refractivity contribution in [1.29, 1.82) is 0 Å². The van der Waals surface area contributed by atoms with Crippen LogP contribution in [0.5, 0.6) is 0 Å². The topological polar surface area (TPSA) is 54.0 Å². The zero-order chi connectivity index (χ0) is 13.6. The predicted octanol–water partition coefficient (Wildman–Crippen LogP) is 2.68. The molecular formula is C14H23N3O. The SMILES string of the molecule is CCCNc1ccc(C(=O)NCC(C)(C)C)cn1. The molecule has 0 aliphatic rings. The van der Waals surface area contributed by atoms with E-state index in [-0.39, 0.29) is 11.3 Å². The lowest BCUT2D eigenvalue weighted by atomic mass is 9.97. The van der Waals surface area contributed by atoms with E-state index in [1.165, 1.54) is 0 Å². The summed E-state index contributed by atoms with van der Waals surface area (Å²) in [5.41, 5.74) is 0.687. The average molecular weight is 249 g/mol. The van der Waals surface area contributed by atoms with Gasteiger partial charge in [0.1, 0.15) is 5.82 Å². The second-order valence-corrected chi connectivity index (χ2v) is 5.60. The first-order chi connectivity index (χ1) is 8.42. The van der Waals surface area contributed by atoms with E-state index in [4.69, 9.17) is 0 Å². The van der Waals surface area contributed by atoms with Gasteiger partial charge in [-0.2, -0.15) is 0 Å². The summed E-state index contributed by atoms with van der Waals surface area (Å²) >= 11 is 0. The van der Waals surface area contributed by atoms with Gasteiger partial charge in [0.25, 0.3) is 5.91 Å². The van der Waals surface area contributed by atoms with Gasteiger partial charge in [0.15, 0.2) is 0 Å². The zero-order valence-electron chi connectivity index (χ0n) is 11.7. The number of nitrogens with one attached hydrogen (secondary N) is 2. The summed E-state index contributed by atoms with van der Waals surface area (Å²) in [5.74, 6) is 0.740. The average Bonchev–Trinajstić information content (AvgIpc) is 2.33. The lowest BCUT2D eigenvalue weighted by molar-refractivity contribution is 0.0939. The predicted molar refractivity (Wildman–Crippen MR) is 74.8 cm³/mol. The molecule has 100 valence electrons. The molecule has 2 N–H and O–H groups in total. The van der Waals surface area contributed by atoms with Crippen molar-refractivity contribution in [3.8, 4) is 0 Å². The van der Waals surface area contributed by atoms with Crippen LogP contribution >= 0.6 is 0 Å². The van der Waals surface area contributed by atoms with E-state index < -0.39 is 0 Å². The number of rotatable bonds is 5. The van der Waals surface area contributed by atoms with E-state index in [0.29, 0.717) is 12.1 Å². The molecule has 0 aliphatic heterocycles. The van der Waals surface area contributed by atoms with E-state index in [1.807, 2.05) is 6.07 Å². The van der Waals surface area contributed by atoms with Gasteiger partial charge in [-0.25, -0.2) is 4.98 Å². The van der Waals surface area contributed by atoms with E-state index in [1.54, 1.807) is 12.3 Å². The van der Waals surface area contributed by atoms with Crippen molar-refractivity contribution in [1.82, 2.24) is 10.3 Å². The number of pyridine rings is 1. The number of hydrogen-bond donors (Lipinski definition) is 2. The Hall–Kier alpha value is -1.58. The summed E-state index contributed by atoms with van der Waals surface area (Å²) in [5, 5.41) is 6.08. The second kappa shape index (κ2) is 6.38. The standard InChI is InChI=1S/C14H23N3O/c1-5-8-15-12-7-6-11(9-16-12)13(18)17-10-14(2,3)4/h6-7,9H,5,8,10H2,1-4H3,(H,15,16)(H,17,18). The van der Waals surface area contributed by atoms with Gasteiger partial charge < -0.3 is 10.6 Å². The van der Waals surface area contributed by atoms with Gasteiger partial charge in [0.05, 0.1) is 5.56 Å². The smallest absolute Gasteiger partial charge is 0.252 e. The summed E-state index contributed by atoms with van der Waals surface area (Å²) in [4.78, 5) is 16.1. The number of carbonyl (C=O) groups excluding carboxylic acids is 1. The summed E-state index contributed by atoms with van der Waals surface area (Å²) in [6.45, 7) is 9.90. The van der Waals surface area contributed by atoms with Crippen LogP contribution < -0.4 is 10.6 Å². The van der Waals surface area contributed by atoms with Crippen LogP contribution in [-0.2, 0) is 0 Å². The fourth-order valence-electron chi connectivity index (χ4n) is 1.33. The molecule has 0 unspecified atom stereocenters. The molecule has 1 amide bonds. The molecule has 0 spiro atoms. The van der Waals surface area contributed by atoms with Crippen LogP contribution in [0.2, 0.25) is 0 Å². The molecular weight excluding hydrogens is 226 g/mol. The lowest BCUT2D eigenvalue weighted by Gasteiger charge is -2.18. The van der Waals surface area contributed by atoms with Crippen LogP contribution in [0.4, 0.5) is 5.82 Å². The van der Waals surface area contributed by atoms with Crippen molar-refractivity contribution < 1.29 is 4.79 Å². The summed E-state index contributed by atoms with van der Waals surface area (Å²) in [6, 6.07) is 3.63. The van der Waals surface area contributed by atoms with Gasteiger partial charge in [0, 0.05) is 19.3 Å². The maximum atomic E-state index is 11.8. The van der Waals surface area contributed by atoms with Crippen LogP contribution in [-0.4, -0.2) is 24.0 Å². The van der Waals surface area contributed by atoms with Crippen molar-refractivity contribution >= 4 is 11.7 Å². The second-order valence-electron chi connectivity index (χ2n) is 5.60. The highest BCUT2D eigenvalue weighted by molar-refractivity contribution is 5.94. The van der Waals surface area contributed by atoms with Crippen LogP contribution in [0.3, 0.4) is 0 Å². The Morgan fingerprint density at radius 1 is 1.33 bits per heavy atom. The fraction of sp³-hybridized carbons (Fsp3) is 0.571. The molecule has 1 rings (SSSR count). The van der Waals surface area contributed by atoms with Crippen LogP contribution in [0.25, 0.3) is 0 Å². The van der Waals surface area contributed by atoms with Crippen LogP contribution in [0.1, 0.15) is 44.5 Å². The maximum absolute atomic E-state index is 11.8. The van der Waals surface area contributed by atoms with Crippen molar-refractivity contribution in [3.63, 3.8) is 0 Å². The minimum absolute atomic E-state index is 0.0699. The van der Waals surface area contributed by atoms with Crippen LogP contribution in [0.15, 0.2) is 18.3 Å². The fourth-order valence-corrected chi connectivity index (χ4v) is 1.33. The molecule has 0 aliphatic carbocycles. The third kappa shape index (κ3) is 5.17. The molecule has 0 saturated heterocycles. The molecule has 0 saturated carbocycles. The summed E-state index contributed by atoms with van der Waals surface area (Å²) in [6.07, 6.45) is 2.66. The summed E-state index contributed by atoms with van der Waals surface area (Å²) < 4.78 is 0. The Balaban J connectivity index is 2.54. The quantitative estimate of drug-likeness (QED) is 0.843. The monoisotopic (exact) mass is 249 g/mol. The molecule has 0 aromatic carbocycles. The highest BCUT2D eigenvalue weighted by Crippen LogP contribution is 2.11. The Morgan fingerprint density at radius 2 is 2.06 bits per heavy atom. The minimum atomic E-state index is -0.0699. The number of anilines is 1. The van der Waals surface area contributed by atoms with E-state index in [2.05, 4.69) is 43.3 Å². The van der Waals surface area contributed by atoms with Gasteiger partial charge in [-0.1, -0.05) is 27.7 Å². The Kier molecular flexibility index (Phi) is 5.13. The third-order valence-corrected chi connectivity index (χ3v) is 2.36. The first-order valence-corrected chi connectivity index (χ1v) is 6.40. The van der Waals surface area contributed by atoms with Gasteiger partial charge in [-0.15, -0.1) is 0 Å². The highest BCUT2D eigenvalue weighted by Gasteiger charge is 2.13.